The molecule has 0 bridgehead atoms. The maximum atomic E-state index is 4.45. The van der Waals surface area contributed by atoms with Gasteiger partial charge in [0.1, 0.15) is 0 Å². The lowest BCUT2D eigenvalue weighted by molar-refractivity contribution is 0.665. The average Bonchev–Trinajstić information content (AvgIpc) is 3.12. The molecule has 1 aliphatic rings. The Hall–Kier alpha value is -1.09. The van der Waals surface area contributed by atoms with E-state index in [1.807, 2.05) is 6.20 Å². The first-order chi connectivity index (χ1) is 8.61. The van der Waals surface area contributed by atoms with E-state index in [0.29, 0.717) is 6.04 Å². The molecule has 1 fully saturated rings. The van der Waals surface area contributed by atoms with E-state index in [1.165, 1.54) is 24.1 Å². The summed E-state index contributed by atoms with van der Waals surface area (Å²) in [6, 6.07) is 3.48. The van der Waals surface area contributed by atoms with Gasteiger partial charge in [-0.1, -0.05) is 0 Å². The van der Waals surface area contributed by atoms with Gasteiger partial charge in [0, 0.05) is 48.3 Å². The van der Waals surface area contributed by atoms with Crippen molar-refractivity contribution in [3.05, 3.63) is 23.5 Å². The maximum Gasteiger partial charge on any atom is 0.0447 e. The molecular weight excluding hydrogens is 222 g/mol. The third-order valence-electron chi connectivity index (χ3n) is 3.53. The van der Waals surface area contributed by atoms with Gasteiger partial charge >= 0.3 is 0 Å². The van der Waals surface area contributed by atoms with Crippen LogP contribution in [0.1, 0.15) is 44.9 Å². The van der Waals surface area contributed by atoms with Gasteiger partial charge in [-0.15, -0.1) is 0 Å². The van der Waals surface area contributed by atoms with E-state index in [-0.39, 0.29) is 0 Å². The van der Waals surface area contributed by atoms with Gasteiger partial charge in [-0.25, -0.2) is 0 Å². The zero-order valence-corrected chi connectivity index (χ0v) is 12.0. The molecule has 0 unspecified atom stereocenters. The number of nitrogens with zero attached hydrogens (tertiary/aromatic N) is 2. The van der Waals surface area contributed by atoms with Crippen LogP contribution in [0.15, 0.2) is 12.3 Å². The third kappa shape index (κ3) is 3.22. The number of anilines is 1. The highest BCUT2D eigenvalue weighted by Gasteiger charge is 2.21. The average molecular weight is 247 g/mol. The standard InChI is InChI=1S/C15H25N3/c1-5-18(11(2)3)15-8-12(4)16-9-13(15)10-17-14-6-7-14/h8-9,11,14,17H,5-7,10H2,1-4H3. The number of hydrogen-bond donors (Lipinski definition) is 1. The second kappa shape index (κ2) is 5.70. The Kier molecular flexibility index (Phi) is 4.23. The van der Waals surface area contributed by atoms with Crippen LogP contribution >= 0.6 is 0 Å². The maximum absolute atomic E-state index is 4.45. The molecule has 1 aliphatic carbocycles. The topological polar surface area (TPSA) is 28.2 Å². The largest absolute Gasteiger partial charge is 0.369 e. The first-order valence-corrected chi connectivity index (χ1v) is 7.07. The summed E-state index contributed by atoms with van der Waals surface area (Å²) in [5.74, 6) is 0. The number of aryl methyl sites for hydroxylation is 1. The fraction of sp³-hybridized carbons (Fsp3) is 0.667. The Morgan fingerprint density at radius 3 is 2.72 bits per heavy atom. The van der Waals surface area contributed by atoms with Gasteiger partial charge in [0.25, 0.3) is 0 Å². The Morgan fingerprint density at radius 2 is 2.17 bits per heavy atom. The number of rotatable bonds is 6. The Morgan fingerprint density at radius 1 is 1.44 bits per heavy atom. The minimum absolute atomic E-state index is 0.525. The number of pyridine rings is 1. The summed E-state index contributed by atoms with van der Waals surface area (Å²) in [4.78, 5) is 6.89. The zero-order valence-electron chi connectivity index (χ0n) is 12.0. The summed E-state index contributed by atoms with van der Waals surface area (Å²) >= 11 is 0. The van der Waals surface area contributed by atoms with Crippen LogP contribution in [-0.2, 0) is 6.54 Å². The summed E-state index contributed by atoms with van der Waals surface area (Å²) < 4.78 is 0. The molecule has 1 saturated carbocycles. The van der Waals surface area contributed by atoms with Crippen LogP contribution in [0, 0.1) is 6.92 Å². The normalized spacial score (nSPS) is 15.2. The summed E-state index contributed by atoms with van der Waals surface area (Å²) in [5.41, 5.74) is 3.76. The minimum Gasteiger partial charge on any atom is -0.369 e. The van der Waals surface area contributed by atoms with Crippen LogP contribution in [0.4, 0.5) is 5.69 Å². The van der Waals surface area contributed by atoms with Crippen molar-refractivity contribution in [2.24, 2.45) is 0 Å². The predicted octanol–water partition coefficient (Wildman–Crippen LogP) is 2.88. The van der Waals surface area contributed by atoms with Crippen LogP contribution in [-0.4, -0.2) is 23.6 Å². The number of aromatic nitrogens is 1. The molecular formula is C15H25N3. The van der Waals surface area contributed by atoms with E-state index in [2.05, 4.69) is 49.0 Å². The monoisotopic (exact) mass is 247 g/mol. The van der Waals surface area contributed by atoms with Crippen molar-refractivity contribution >= 4 is 5.69 Å². The van der Waals surface area contributed by atoms with Crippen LogP contribution in [0.5, 0.6) is 0 Å². The first-order valence-electron chi connectivity index (χ1n) is 7.07. The molecule has 1 aromatic rings. The fourth-order valence-electron chi connectivity index (χ4n) is 2.33. The lowest BCUT2D eigenvalue weighted by atomic mass is 10.1. The molecule has 0 aromatic carbocycles. The molecule has 1 N–H and O–H groups in total. The van der Waals surface area contributed by atoms with Gasteiger partial charge in [-0.2, -0.15) is 0 Å². The molecule has 0 amide bonds. The molecule has 1 heterocycles. The summed E-state index contributed by atoms with van der Waals surface area (Å²) in [7, 11) is 0. The van der Waals surface area contributed by atoms with Gasteiger partial charge in [-0.3, -0.25) is 4.98 Å². The third-order valence-corrected chi connectivity index (χ3v) is 3.53. The van der Waals surface area contributed by atoms with E-state index in [4.69, 9.17) is 0 Å². The lowest BCUT2D eigenvalue weighted by Gasteiger charge is -2.30. The van der Waals surface area contributed by atoms with Gasteiger partial charge in [0.15, 0.2) is 0 Å². The van der Waals surface area contributed by atoms with Crippen molar-refractivity contribution in [3.63, 3.8) is 0 Å². The van der Waals surface area contributed by atoms with Crippen molar-refractivity contribution in [2.75, 3.05) is 11.4 Å². The molecule has 100 valence electrons. The van der Waals surface area contributed by atoms with Gasteiger partial charge < -0.3 is 10.2 Å². The Labute approximate surface area is 111 Å². The molecule has 1 aromatic heterocycles. The Bertz CT molecular complexity index is 397. The van der Waals surface area contributed by atoms with E-state index < -0.39 is 0 Å². The minimum atomic E-state index is 0.525. The molecule has 0 saturated heterocycles. The highest BCUT2D eigenvalue weighted by molar-refractivity contribution is 5.54. The van der Waals surface area contributed by atoms with E-state index >= 15 is 0 Å². The van der Waals surface area contributed by atoms with Crippen molar-refractivity contribution in [2.45, 2.75) is 59.2 Å². The quantitative estimate of drug-likeness (QED) is 0.838. The SMILES string of the molecule is CCN(c1cc(C)ncc1CNC1CC1)C(C)C. The molecule has 0 atom stereocenters. The second-order valence-electron chi connectivity index (χ2n) is 5.49. The molecule has 18 heavy (non-hydrogen) atoms. The fourth-order valence-corrected chi connectivity index (χ4v) is 2.33. The number of nitrogens with one attached hydrogen (secondary N) is 1. The van der Waals surface area contributed by atoms with Crippen molar-refractivity contribution in [1.82, 2.24) is 10.3 Å². The summed E-state index contributed by atoms with van der Waals surface area (Å²) in [5, 5.41) is 3.58. The van der Waals surface area contributed by atoms with Crippen molar-refractivity contribution in [3.8, 4) is 0 Å². The molecule has 0 aliphatic heterocycles. The summed E-state index contributed by atoms with van der Waals surface area (Å²) in [6.45, 7) is 10.8. The zero-order chi connectivity index (χ0) is 13.1. The first kappa shape index (κ1) is 13.3. The van der Waals surface area contributed by atoms with Crippen LogP contribution in [0.3, 0.4) is 0 Å². The van der Waals surface area contributed by atoms with Gasteiger partial charge in [0.2, 0.25) is 0 Å². The van der Waals surface area contributed by atoms with Crippen molar-refractivity contribution in [1.29, 1.82) is 0 Å². The van der Waals surface area contributed by atoms with Gasteiger partial charge in [-0.05, 0) is 46.6 Å². The van der Waals surface area contributed by atoms with Gasteiger partial charge in [0.05, 0.1) is 0 Å². The number of hydrogen-bond acceptors (Lipinski definition) is 3. The molecule has 0 spiro atoms. The Balaban J connectivity index is 2.20. The molecule has 2 rings (SSSR count). The molecule has 0 radical (unpaired) electrons. The van der Waals surface area contributed by atoms with Crippen molar-refractivity contribution < 1.29 is 0 Å². The summed E-state index contributed by atoms with van der Waals surface area (Å²) in [6.07, 6.45) is 4.69. The highest BCUT2D eigenvalue weighted by Crippen LogP contribution is 2.25. The van der Waals surface area contributed by atoms with Crippen LogP contribution in [0.2, 0.25) is 0 Å². The van der Waals surface area contributed by atoms with E-state index in [0.717, 1.165) is 24.8 Å². The predicted molar refractivity (Wildman–Crippen MR) is 77.0 cm³/mol. The van der Waals surface area contributed by atoms with E-state index in [1.54, 1.807) is 0 Å². The lowest BCUT2D eigenvalue weighted by Crippen LogP contribution is -2.32. The molecule has 3 nitrogen and oxygen atoms in total. The highest BCUT2D eigenvalue weighted by atomic mass is 15.2. The molecule has 3 heteroatoms. The second-order valence-corrected chi connectivity index (χ2v) is 5.49. The van der Waals surface area contributed by atoms with E-state index in [9.17, 15) is 0 Å². The van der Waals surface area contributed by atoms with Crippen LogP contribution in [0.25, 0.3) is 0 Å². The van der Waals surface area contributed by atoms with Crippen LogP contribution < -0.4 is 10.2 Å². The smallest absolute Gasteiger partial charge is 0.0447 e.